The quantitative estimate of drug-likeness (QED) is 0.444. The minimum atomic E-state index is -3.80. The van der Waals surface area contributed by atoms with Crippen LogP contribution < -0.4 is 10.0 Å². The second-order valence-electron chi connectivity index (χ2n) is 6.75. The standard InChI is InChI=1S/C22H20F2N2O3S2/c1-14-4-3-5-15(2)20(14)26-31(28,29)19-12-8-17(9-13-19)25-21(27)16-6-10-18(11-7-16)30-22(23)24/h3-13,22,26H,1-2H3,(H,25,27). The summed E-state index contributed by atoms with van der Waals surface area (Å²) in [5.41, 5.74) is 2.86. The van der Waals surface area contributed by atoms with E-state index in [0.29, 0.717) is 33.6 Å². The van der Waals surface area contributed by atoms with Gasteiger partial charge in [-0.25, -0.2) is 8.42 Å². The zero-order valence-electron chi connectivity index (χ0n) is 16.7. The maximum atomic E-state index is 12.7. The summed E-state index contributed by atoms with van der Waals surface area (Å²) in [5.74, 6) is -2.96. The summed E-state index contributed by atoms with van der Waals surface area (Å²) in [6.07, 6.45) is 0. The predicted octanol–water partition coefficient (Wildman–Crippen LogP) is 5.67. The van der Waals surface area contributed by atoms with Crippen molar-refractivity contribution in [3.8, 4) is 0 Å². The van der Waals surface area contributed by atoms with Crippen molar-refractivity contribution in [2.24, 2.45) is 0 Å². The van der Waals surface area contributed by atoms with Gasteiger partial charge >= 0.3 is 0 Å². The zero-order valence-corrected chi connectivity index (χ0v) is 18.4. The molecule has 0 spiro atoms. The van der Waals surface area contributed by atoms with Crippen molar-refractivity contribution in [2.75, 3.05) is 10.0 Å². The first-order valence-corrected chi connectivity index (χ1v) is 11.6. The number of para-hydroxylation sites is 1. The number of rotatable bonds is 7. The highest BCUT2D eigenvalue weighted by atomic mass is 32.2. The van der Waals surface area contributed by atoms with Crippen LogP contribution in [-0.4, -0.2) is 20.1 Å². The molecule has 0 aromatic heterocycles. The first-order valence-electron chi connectivity index (χ1n) is 9.21. The SMILES string of the molecule is Cc1cccc(C)c1NS(=O)(=O)c1ccc(NC(=O)c2ccc(SC(F)F)cc2)cc1. The van der Waals surface area contributed by atoms with Gasteiger partial charge < -0.3 is 5.32 Å². The van der Waals surface area contributed by atoms with Gasteiger partial charge in [-0.2, -0.15) is 8.78 Å². The van der Waals surface area contributed by atoms with Crippen LogP contribution in [0.1, 0.15) is 21.5 Å². The second-order valence-corrected chi connectivity index (χ2v) is 9.50. The van der Waals surface area contributed by atoms with Crippen molar-refractivity contribution >= 4 is 39.1 Å². The van der Waals surface area contributed by atoms with Crippen molar-refractivity contribution in [3.05, 3.63) is 83.4 Å². The number of benzene rings is 3. The van der Waals surface area contributed by atoms with Crippen LogP contribution >= 0.6 is 11.8 Å². The number of hydrogen-bond acceptors (Lipinski definition) is 4. The molecule has 0 radical (unpaired) electrons. The van der Waals surface area contributed by atoms with Crippen molar-refractivity contribution in [1.29, 1.82) is 0 Å². The molecule has 0 heterocycles. The highest BCUT2D eigenvalue weighted by Gasteiger charge is 2.17. The summed E-state index contributed by atoms with van der Waals surface area (Å²) >= 11 is 0.401. The smallest absolute Gasteiger partial charge is 0.288 e. The molecule has 0 aliphatic rings. The Morgan fingerprint density at radius 2 is 1.48 bits per heavy atom. The van der Waals surface area contributed by atoms with E-state index in [1.165, 1.54) is 48.5 Å². The van der Waals surface area contributed by atoms with Gasteiger partial charge in [0.05, 0.1) is 10.6 Å². The van der Waals surface area contributed by atoms with E-state index in [1.54, 1.807) is 0 Å². The molecule has 0 atom stereocenters. The normalized spacial score (nSPS) is 11.4. The van der Waals surface area contributed by atoms with E-state index in [4.69, 9.17) is 0 Å². The van der Waals surface area contributed by atoms with Crippen LogP contribution in [0.2, 0.25) is 0 Å². The number of sulfonamides is 1. The summed E-state index contributed by atoms with van der Waals surface area (Å²) in [6.45, 7) is 3.64. The number of hydrogen-bond donors (Lipinski definition) is 2. The third kappa shape index (κ3) is 5.83. The van der Waals surface area contributed by atoms with Crippen molar-refractivity contribution in [3.63, 3.8) is 0 Å². The summed E-state index contributed by atoms with van der Waals surface area (Å²) < 4.78 is 52.8. The summed E-state index contributed by atoms with van der Waals surface area (Å²) in [6, 6.07) is 17.1. The molecular weight excluding hydrogens is 442 g/mol. The lowest BCUT2D eigenvalue weighted by molar-refractivity contribution is 0.102. The molecule has 3 aromatic rings. The van der Waals surface area contributed by atoms with Gasteiger partial charge in [0.15, 0.2) is 0 Å². The van der Waals surface area contributed by atoms with Crippen molar-refractivity contribution < 1.29 is 22.0 Å². The molecular formula is C22H20F2N2O3S2. The number of alkyl halides is 2. The molecule has 2 N–H and O–H groups in total. The lowest BCUT2D eigenvalue weighted by Gasteiger charge is -2.13. The van der Waals surface area contributed by atoms with Crippen LogP contribution in [0, 0.1) is 13.8 Å². The Morgan fingerprint density at radius 3 is 2.03 bits per heavy atom. The Kier molecular flexibility index (Phi) is 6.97. The van der Waals surface area contributed by atoms with Gasteiger partial charge in [-0.05, 0) is 73.5 Å². The molecule has 3 aromatic carbocycles. The average molecular weight is 463 g/mol. The van der Waals surface area contributed by atoms with E-state index in [-0.39, 0.29) is 4.90 Å². The van der Waals surface area contributed by atoms with Crippen LogP contribution in [0.25, 0.3) is 0 Å². The third-order valence-electron chi connectivity index (χ3n) is 4.48. The highest BCUT2D eigenvalue weighted by molar-refractivity contribution is 7.99. The first-order chi connectivity index (χ1) is 14.7. The van der Waals surface area contributed by atoms with Gasteiger partial charge in [-0.1, -0.05) is 30.0 Å². The van der Waals surface area contributed by atoms with Gasteiger partial charge in [0, 0.05) is 16.1 Å². The summed E-state index contributed by atoms with van der Waals surface area (Å²) in [7, 11) is -3.80. The van der Waals surface area contributed by atoms with Gasteiger partial charge in [-0.15, -0.1) is 0 Å². The Balaban J connectivity index is 1.70. The summed E-state index contributed by atoms with van der Waals surface area (Å²) in [4.78, 5) is 12.8. The maximum Gasteiger partial charge on any atom is 0.288 e. The van der Waals surface area contributed by atoms with Gasteiger partial charge in [0.25, 0.3) is 21.7 Å². The maximum absolute atomic E-state index is 12.7. The van der Waals surface area contributed by atoms with Crippen molar-refractivity contribution in [1.82, 2.24) is 0 Å². The molecule has 0 aliphatic heterocycles. The minimum Gasteiger partial charge on any atom is -0.322 e. The fraction of sp³-hybridized carbons (Fsp3) is 0.136. The largest absolute Gasteiger partial charge is 0.322 e. The molecule has 1 amide bonds. The Morgan fingerprint density at radius 1 is 0.903 bits per heavy atom. The van der Waals surface area contributed by atoms with E-state index in [1.807, 2.05) is 32.0 Å². The molecule has 0 saturated heterocycles. The van der Waals surface area contributed by atoms with E-state index in [2.05, 4.69) is 10.0 Å². The molecule has 162 valence electrons. The molecule has 0 unspecified atom stereocenters. The van der Waals surface area contributed by atoms with Crippen LogP contribution in [0.3, 0.4) is 0 Å². The molecule has 0 aliphatic carbocycles. The monoisotopic (exact) mass is 462 g/mol. The molecule has 0 saturated carbocycles. The molecule has 0 bridgehead atoms. The number of halogens is 2. The van der Waals surface area contributed by atoms with E-state index < -0.39 is 21.7 Å². The van der Waals surface area contributed by atoms with E-state index in [0.717, 1.165) is 11.1 Å². The minimum absolute atomic E-state index is 0.0570. The van der Waals surface area contributed by atoms with E-state index in [9.17, 15) is 22.0 Å². The Bertz CT molecular complexity index is 1160. The average Bonchev–Trinajstić information content (AvgIpc) is 2.71. The molecule has 3 rings (SSSR count). The third-order valence-corrected chi connectivity index (χ3v) is 6.57. The number of amides is 1. The number of aryl methyl sites for hydroxylation is 2. The van der Waals surface area contributed by atoms with Gasteiger partial charge in [0.2, 0.25) is 0 Å². The van der Waals surface area contributed by atoms with Crippen LogP contribution in [0.4, 0.5) is 20.2 Å². The predicted molar refractivity (Wildman–Crippen MR) is 119 cm³/mol. The Hall–Kier alpha value is -2.91. The molecule has 9 heteroatoms. The van der Waals surface area contributed by atoms with Gasteiger partial charge in [0.1, 0.15) is 0 Å². The van der Waals surface area contributed by atoms with Crippen LogP contribution in [-0.2, 0) is 10.0 Å². The van der Waals surface area contributed by atoms with Gasteiger partial charge in [-0.3, -0.25) is 9.52 Å². The lowest BCUT2D eigenvalue weighted by atomic mass is 10.1. The number of carbonyl (C=O) groups is 1. The number of carbonyl (C=O) groups excluding carboxylic acids is 1. The number of nitrogens with one attached hydrogen (secondary N) is 2. The second kappa shape index (κ2) is 9.49. The zero-order chi connectivity index (χ0) is 22.6. The van der Waals surface area contributed by atoms with Crippen molar-refractivity contribution in [2.45, 2.75) is 29.4 Å². The lowest BCUT2D eigenvalue weighted by Crippen LogP contribution is -2.15. The van der Waals surface area contributed by atoms with Crippen LogP contribution in [0.5, 0.6) is 0 Å². The number of thioether (sulfide) groups is 1. The Labute approximate surface area is 183 Å². The molecule has 31 heavy (non-hydrogen) atoms. The first kappa shape index (κ1) is 22.8. The van der Waals surface area contributed by atoms with Crippen LogP contribution in [0.15, 0.2) is 76.5 Å². The fourth-order valence-electron chi connectivity index (χ4n) is 2.88. The fourth-order valence-corrected chi connectivity index (χ4v) is 4.58. The topological polar surface area (TPSA) is 75.3 Å². The summed E-state index contributed by atoms with van der Waals surface area (Å²) in [5, 5.41) is 2.66. The molecule has 5 nitrogen and oxygen atoms in total. The van der Waals surface area contributed by atoms with E-state index >= 15 is 0 Å². The highest BCUT2D eigenvalue weighted by Crippen LogP contribution is 2.26. The number of anilines is 2. The molecule has 0 fully saturated rings.